The fourth-order valence-corrected chi connectivity index (χ4v) is 6.56. The Bertz CT molecular complexity index is 1410. The van der Waals surface area contributed by atoms with Gasteiger partial charge in [0, 0.05) is 49.5 Å². The van der Waals surface area contributed by atoms with Crippen molar-refractivity contribution >= 4 is 38.5 Å². The number of ether oxygens (including phenoxy) is 1. The second kappa shape index (κ2) is 10.5. The molecule has 0 saturated carbocycles. The average Bonchev–Trinajstić information content (AvgIpc) is 3.30. The topological polar surface area (TPSA) is 107 Å². The minimum absolute atomic E-state index is 0.0211. The number of nitrogens with zero attached hydrogens (tertiary/aromatic N) is 4. The van der Waals surface area contributed by atoms with Gasteiger partial charge in [-0.25, -0.2) is 13.2 Å². The largest absolute Gasteiger partial charge is 0.461 e. The quantitative estimate of drug-likeness (QED) is 0.483. The van der Waals surface area contributed by atoms with Crippen LogP contribution in [0.1, 0.15) is 54.1 Å². The van der Waals surface area contributed by atoms with Gasteiger partial charge in [0.15, 0.2) is 0 Å². The van der Waals surface area contributed by atoms with Crippen LogP contribution in [0, 0.1) is 0 Å². The minimum atomic E-state index is -3.56. The Labute approximate surface area is 216 Å². The van der Waals surface area contributed by atoms with Crippen LogP contribution in [-0.4, -0.2) is 64.2 Å². The number of aromatic nitrogens is 3. The molecule has 11 heteroatoms. The maximum absolute atomic E-state index is 13.3. The first-order valence-corrected chi connectivity index (χ1v) is 14.3. The van der Waals surface area contributed by atoms with E-state index in [1.54, 1.807) is 18.7 Å². The smallest absolute Gasteiger partial charge is 0.355 e. The van der Waals surface area contributed by atoms with Crippen molar-refractivity contribution in [2.24, 2.45) is 7.05 Å². The van der Waals surface area contributed by atoms with Crippen molar-refractivity contribution in [3.05, 3.63) is 39.8 Å². The molecule has 0 saturated heterocycles. The summed E-state index contributed by atoms with van der Waals surface area (Å²) in [6.45, 7) is 4.36. The molecular weight excluding hydrogens is 504 g/mol. The van der Waals surface area contributed by atoms with Crippen LogP contribution in [0.15, 0.2) is 12.1 Å². The van der Waals surface area contributed by atoms with Crippen LogP contribution in [0.5, 0.6) is 0 Å². The number of carbonyl (C=O) groups is 1. The van der Waals surface area contributed by atoms with E-state index < -0.39 is 16.0 Å². The molecule has 196 valence electrons. The zero-order chi connectivity index (χ0) is 26.2. The first-order chi connectivity index (χ1) is 17.2. The number of hydrogen-bond acceptors (Lipinski definition) is 6. The van der Waals surface area contributed by atoms with E-state index in [-0.39, 0.29) is 25.5 Å². The van der Waals surface area contributed by atoms with Gasteiger partial charge in [-0.2, -0.15) is 9.40 Å². The summed E-state index contributed by atoms with van der Waals surface area (Å²) < 4.78 is 36.6. The van der Waals surface area contributed by atoms with Gasteiger partial charge in [-0.05, 0) is 44.2 Å². The summed E-state index contributed by atoms with van der Waals surface area (Å²) in [6.07, 6.45) is 1.91. The number of carbonyl (C=O) groups excluding carboxylic acids is 1. The van der Waals surface area contributed by atoms with Gasteiger partial charge in [-0.15, -0.1) is 0 Å². The average molecular weight is 537 g/mol. The molecule has 0 aliphatic carbocycles. The van der Waals surface area contributed by atoms with Crippen LogP contribution in [0.4, 0.5) is 0 Å². The number of hydrogen-bond donors (Lipinski definition) is 1. The third kappa shape index (κ3) is 4.55. The first kappa shape index (κ1) is 26.7. The summed E-state index contributed by atoms with van der Waals surface area (Å²) in [6, 6.07) is 3.72. The zero-order valence-electron chi connectivity index (χ0n) is 21.2. The second-order valence-corrected chi connectivity index (χ2v) is 11.6. The van der Waals surface area contributed by atoms with Gasteiger partial charge < -0.3 is 14.4 Å². The van der Waals surface area contributed by atoms with E-state index in [0.29, 0.717) is 48.6 Å². The van der Waals surface area contributed by atoms with E-state index in [2.05, 4.69) is 0 Å². The number of rotatable bonds is 6. The van der Waals surface area contributed by atoms with Crippen LogP contribution in [-0.2, 0) is 47.7 Å². The van der Waals surface area contributed by atoms with Crippen LogP contribution in [0.2, 0.25) is 5.02 Å². The van der Waals surface area contributed by atoms with E-state index >= 15 is 0 Å². The van der Waals surface area contributed by atoms with Crippen molar-refractivity contribution in [1.29, 1.82) is 0 Å². The lowest BCUT2D eigenvalue weighted by Crippen LogP contribution is -2.29. The maximum atomic E-state index is 13.3. The van der Waals surface area contributed by atoms with Gasteiger partial charge in [-0.1, -0.05) is 24.6 Å². The van der Waals surface area contributed by atoms with Crippen LogP contribution in [0.25, 0.3) is 22.0 Å². The molecule has 0 fully saturated rings. The normalized spacial score (nSPS) is 16.1. The highest BCUT2D eigenvalue weighted by Crippen LogP contribution is 2.43. The predicted molar refractivity (Wildman–Crippen MR) is 140 cm³/mol. The monoisotopic (exact) mass is 536 g/mol. The highest BCUT2D eigenvalue weighted by Gasteiger charge is 2.31. The number of fused-ring (bicyclic) bond motifs is 2. The Balaban J connectivity index is 2.17. The fraction of sp³-hybridized carbons (Fsp3) is 0.520. The molecule has 4 rings (SSSR count). The number of sulfonamides is 1. The van der Waals surface area contributed by atoms with Crippen molar-refractivity contribution in [2.75, 3.05) is 26.0 Å². The predicted octanol–water partition coefficient (Wildman–Crippen LogP) is 3.52. The van der Waals surface area contributed by atoms with Crippen LogP contribution >= 0.6 is 11.6 Å². The van der Waals surface area contributed by atoms with E-state index in [1.807, 2.05) is 30.7 Å². The Kier molecular flexibility index (Phi) is 7.80. The molecule has 1 aliphatic heterocycles. The second-order valence-electron chi connectivity index (χ2n) is 9.02. The van der Waals surface area contributed by atoms with E-state index in [9.17, 15) is 18.3 Å². The third-order valence-electron chi connectivity index (χ3n) is 6.79. The molecule has 1 aliphatic rings. The lowest BCUT2D eigenvalue weighted by Gasteiger charge is -2.16. The van der Waals surface area contributed by atoms with Crippen LogP contribution < -0.4 is 0 Å². The summed E-state index contributed by atoms with van der Waals surface area (Å²) in [7, 11) is -0.149. The third-order valence-corrected chi connectivity index (χ3v) is 8.98. The summed E-state index contributed by atoms with van der Waals surface area (Å²) in [5.74, 6) is -0.545. The summed E-state index contributed by atoms with van der Waals surface area (Å²) in [4.78, 5) is 13.3. The minimum Gasteiger partial charge on any atom is -0.461 e. The van der Waals surface area contributed by atoms with Gasteiger partial charge >= 0.3 is 5.97 Å². The molecule has 0 atom stereocenters. The number of aliphatic hydroxyl groups excluding tert-OH is 1. The summed E-state index contributed by atoms with van der Waals surface area (Å²) in [5, 5.41) is 15.6. The maximum Gasteiger partial charge on any atom is 0.355 e. The number of aliphatic hydroxyl groups is 1. The Morgan fingerprint density at radius 3 is 2.64 bits per heavy atom. The summed E-state index contributed by atoms with van der Waals surface area (Å²) in [5.41, 5.74) is 4.99. The lowest BCUT2D eigenvalue weighted by atomic mass is 9.97. The molecule has 0 bridgehead atoms. The molecule has 0 radical (unpaired) electrons. The first-order valence-electron chi connectivity index (χ1n) is 12.3. The number of aryl methyl sites for hydroxylation is 3. The number of esters is 1. The molecule has 3 aromatic rings. The highest BCUT2D eigenvalue weighted by atomic mass is 35.5. The van der Waals surface area contributed by atoms with Crippen molar-refractivity contribution in [3.63, 3.8) is 0 Å². The number of halogens is 1. The molecule has 36 heavy (non-hydrogen) atoms. The van der Waals surface area contributed by atoms with Crippen LogP contribution in [0.3, 0.4) is 0 Å². The standard InChI is InChI=1S/C25H33ClN4O5S/c1-5-20-22-19(27-29(20)4)15-28(3)36(33,34)14-8-12-30-23-17(10-11-18(26)21(22)23)16(9-7-13-31)24(30)25(32)35-6-2/h10-11,31H,5-9,12-15H2,1-4H3. The van der Waals surface area contributed by atoms with E-state index in [1.165, 1.54) is 4.31 Å². The van der Waals surface area contributed by atoms with Crippen molar-refractivity contribution < 1.29 is 23.1 Å². The van der Waals surface area contributed by atoms with Crippen molar-refractivity contribution in [1.82, 2.24) is 18.7 Å². The van der Waals surface area contributed by atoms with E-state index in [4.69, 9.17) is 21.4 Å². The molecule has 0 unspecified atom stereocenters. The molecule has 9 nitrogen and oxygen atoms in total. The SMILES string of the molecule is CCOC(=O)c1c(CCCO)c2ccc(Cl)c3c2n1CCCS(=O)(=O)N(C)Cc1nn(C)c(CC)c1-3. The molecule has 3 heterocycles. The molecular formula is C25H33ClN4O5S. The van der Waals surface area contributed by atoms with Gasteiger partial charge in [0.05, 0.1) is 35.1 Å². The fourth-order valence-electron chi connectivity index (χ4n) is 5.19. The Hall–Kier alpha value is -2.40. The van der Waals surface area contributed by atoms with Gasteiger partial charge in [0.2, 0.25) is 10.0 Å². The Morgan fingerprint density at radius 2 is 1.97 bits per heavy atom. The van der Waals surface area contributed by atoms with Gasteiger partial charge in [0.25, 0.3) is 0 Å². The molecule has 0 amide bonds. The van der Waals surface area contributed by atoms with Gasteiger partial charge in [0.1, 0.15) is 5.69 Å². The van der Waals surface area contributed by atoms with Crippen molar-refractivity contribution in [2.45, 2.75) is 52.6 Å². The molecule has 2 aromatic heterocycles. The van der Waals surface area contributed by atoms with E-state index in [0.717, 1.165) is 33.3 Å². The van der Waals surface area contributed by atoms with Crippen molar-refractivity contribution in [3.8, 4) is 11.1 Å². The molecule has 1 aromatic carbocycles. The molecule has 0 spiro atoms. The Morgan fingerprint density at radius 1 is 1.22 bits per heavy atom. The lowest BCUT2D eigenvalue weighted by molar-refractivity contribution is 0.0512. The molecule has 1 N–H and O–H groups in total. The zero-order valence-corrected chi connectivity index (χ0v) is 22.7. The summed E-state index contributed by atoms with van der Waals surface area (Å²) >= 11 is 6.90. The highest BCUT2D eigenvalue weighted by molar-refractivity contribution is 7.89. The van der Waals surface area contributed by atoms with Gasteiger partial charge in [-0.3, -0.25) is 4.68 Å². The number of benzene rings is 1.